The van der Waals surface area contributed by atoms with Crippen LogP contribution >= 0.6 is 0 Å². The molecule has 0 bridgehead atoms. The zero-order chi connectivity index (χ0) is 21.6. The smallest absolute Gasteiger partial charge is 0.252 e. The van der Waals surface area contributed by atoms with E-state index in [1.54, 1.807) is 18.3 Å². The molecule has 0 saturated carbocycles. The summed E-state index contributed by atoms with van der Waals surface area (Å²) in [4.78, 5) is 28.3. The van der Waals surface area contributed by atoms with Crippen LogP contribution in [0.5, 0.6) is 0 Å². The zero-order valence-corrected chi connectivity index (χ0v) is 17.7. The normalized spacial score (nSPS) is 17.3. The molecule has 1 saturated heterocycles. The van der Waals surface area contributed by atoms with E-state index in [1.165, 1.54) is 34.8 Å². The van der Waals surface area contributed by atoms with Crippen molar-refractivity contribution in [2.45, 2.75) is 37.1 Å². The van der Waals surface area contributed by atoms with Crippen LogP contribution < -0.4 is 10.6 Å². The molecule has 9 heteroatoms. The average Bonchev–Trinajstić information content (AvgIpc) is 2.77. The van der Waals surface area contributed by atoms with E-state index in [4.69, 9.17) is 0 Å². The van der Waals surface area contributed by atoms with Crippen molar-refractivity contribution in [1.29, 1.82) is 0 Å². The van der Waals surface area contributed by atoms with Crippen LogP contribution in [0.4, 0.5) is 0 Å². The molecule has 30 heavy (non-hydrogen) atoms. The maximum absolute atomic E-state index is 12.9. The first kappa shape index (κ1) is 21.9. The van der Waals surface area contributed by atoms with E-state index >= 15 is 0 Å². The van der Waals surface area contributed by atoms with Crippen LogP contribution in [0.25, 0.3) is 0 Å². The van der Waals surface area contributed by atoms with Crippen molar-refractivity contribution >= 4 is 21.8 Å². The first-order chi connectivity index (χ1) is 14.4. The van der Waals surface area contributed by atoms with Crippen LogP contribution in [-0.2, 0) is 10.0 Å². The van der Waals surface area contributed by atoms with Crippen molar-refractivity contribution in [1.82, 2.24) is 19.9 Å². The Morgan fingerprint density at radius 3 is 2.30 bits per heavy atom. The van der Waals surface area contributed by atoms with Gasteiger partial charge in [-0.3, -0.25) is 14.6 Å². The van der Waals surface area contributed by atoms with E-state index in [0.717, 1.165) is 19.3 Å². The Balaban J connectivity index is 1.52. The number of carbonyl (C=O) groups excluding carboxylic acids is 2. The summed E-state index contributed by atoms with van der Waals surface area (Å²) in [6, 6.07) is 9.25. The fourth-order valence-electron chi connectivity index (χ4n) is 3.40. The maximum atomic E-state index is 12.9. The van der Waals surface area contributed by atoms with Crippen LogP contribution in [-0.4, -0.2) is 55.2 Å². The van der Waals surface area contributed by atoms with Crippen molar-refractivity contribution in [3.8, 4) is 0 Å². The summed E-state index contributed by atoms with van der Waals surface area (Å²) in [7, 11) is -3.56. The Labute approximate surface area is 176 Å². The van der Waals surface area contributed by atoms with E-state index < -0.39 is 10.0 Å². The van der Waals surface area contributed by atoms with E-state index in [0.29, 0.717) is 17.7 Å². The number of piperidine rings is 1. The number of hydrogen-bond acceptors (Lipinski definition) is 5. The van der Waals surface area contributed by atoms with Gasteiger partial charge in [0, 0.05) is 43.6 Å². The van der Waals surface area contributed by atoms with Gasteiger partial charge in [-0.1, -0.05) is 6.42 Å². The second-order valence-corrected chi connectivity index (χ2v) is 9.13. The molecule has 1 aliphatic heterocycles. The number of amides is 2. The van der Waals surface area contributed by atoms with E-state index in [-0.39, 0.29) is 35.8 Å². The molecule has 1 aromatic carbocycles. The zero-order valence-electron chi connectivity index (χ0n) is 16.9. The van der Waals surface area contributed by atoms with Crippen LogP contribution in [0.3, 0.4) is 0 Å². The highest BCUT2D eigenvalue weighted by Gasteiger charge is 2.30. The third-order valence-electron chi connectivity index (χ3n) is 5.08. The lowest BCUT2D eigenvalue weighted by atomic mass is 10.1. The highest BCUT2D eigenvalue weighted by Crippen LogP contribution is 2.25. The molecule has 8 nitrogen and oxygen atoms in total. The van der Waals surface area contributed by atoms with Gasteiger partial charge in [-0.2, -0.15) is 4.31 Å². The molecule has 0 radical (unpaired) electrons. The first-order valence-electron chi connectivity index (χ1n) is 9.98. The number of nitrogens with zero attached hydrogens (tertiary/aromatic N) is 2. The molecule has 1 aromatic heterocycles. The fraction of sp³-hybridized carbons (Fsp3) is 0.381. The molecule has 2 amide bonds. The lowest BCUT2D eigenvalue weighted by molar-refractivity contribution is 0.0927. The number of rotatable bonds is 7. The molecule has 1 atom stereocenters. The average molecular weight is 431 g/mol. The van der Waals surface area contributed by atoms with E-state index in [2.05, 4.69) is 15.6 Å². The lowest BCUT2D eigenvalue weighted by Gasteiger charge is -2.32. The Kier molecular flexibility index (Phi) is 7.17. The first-order valence-corrected chi connectivity index (χ1v) is 11.4. The van der Waals surface area contributed by atoms with Crippen molar-refractivity contribution in [3.05, 3.63) is 59.9 Å². The second kappa shape index (κ2) is 9.82. The Bertz CT molecular complexity index is 978. The van der Waals surface area contributed by atoms with Gasteiger partial charge in [-0.05, 0) is 56.2 Å². The summed E-state index contributed by atoms with van der Waals surface area (Å²) in [6.07, 6.45) is 5.81. The third-order valence-corrected chi connectivity index (χ3v) is 7.11. The third kappa shape index (κ3) is 5.22. The van der Waals surface area contributed by atoms with Gasteiger partial charge < -0.3 is 10.6 Å². The summed E-state index contributed by atoms with van der Waals surface area (Å²) in [5.74, 6) is -0.597. The molecule has 2 heterocycles. The molecule has 1 aliphatic rings. The highest BCUT2D eigenvalue weighted by atomic mass is 32.2. The molecule has 1 fully saturated rings. The molecular weight excluding hydrogens is 404 g/mol. The summed E-state index contributed by atoms with van der Waals surface area (Å²) >= 11 is 0. The van der Waals surface area contributed by atoms with Gasteiger partial charge in [-0.15, -0.1) is 0 Å². The van der Waals surface area contributed by atoms with Gasteiger partial charge in [-0.25, -0.2) is 8.42 Å². The Morgan fingerprint density at radius 2 is 1.70 bits per heavy atom. The van der Waals surface area contributed by atoms with E-state index in [1.807, 2.05) is 6.92 Å². The molecule has 160 valence electrons. The minimum absolute atomic E-state index is 0.0198. The minimum Gasteiger partial charge on any atom is -0.350 e. The second-order valence-electron chi connectivity index (χ2n) is 7.24. The maximum Gasteiger partial charge on any atom is 0.252 e. The summed E-state index contributed by atoms with van der Waals surface area (Å²) in [6.45, 7) is 2.96. The van der Waals surface area contributed by atoms with Crippen LogP contribution in [0.15, 0.2) is 53.7 Å². The monoisotopic (exact) mass is 430 g/mol. The number of sulfonamides is 1. The lowest BCUT2D eigenvalue weighted by Crippen LogP contribution is -2.41. The van der Waals surface area contributed by atoms with E-state index in [9.17, 15) is 18.0 Å². The Hall–Kier alpha value is -2.78. The van der Waals surface area contributed by atoms with Gasteiger partial charge in [0.25, 0.3) is 11.8 Å². The minimum atomic E-state index is -3.56. The largest absolute Gasteiger partial charge is 0.350 e. The van der Waals surface area contributed by atoms with Gasteiger partial charge in [0.05, 0.1) is 10.5 Å². The molecule has 0 aliphatic carbocycles. The number of pyridine rings is 1. The van der Waals surface area contributed by atoms with Crippen molar-refractivity contribution in [2.75, 3.05) is 19.6 Å². The molecular formula is C21H26N4O4S. The number of hydrogen-bond donors (Lipinski definition) is 2. The number of aromatic nitrogens is 1. The van der Waals surface area contributed by atoms with Crippen molar-refractivity contribution in [2.24, 2.45) is 0 Å². The van der Waals surface area contributed by atoms with Crippen LogP contribution in [0.1, 0.15) is 46.9 Å². The quantitative estimate of drug-likeness (QED) is 0.651. The molecule has 2 N–H and O–H groups in total. The fourth-order valence-corrected chi connectivity index (χ4v) is 5.10. The Morgan fingerprint density at radius 1 is 1.03 bits per heavy atom. The number of carbonyl (C=O) groups is 2. The van der Waals surface area contributed by atoms with Gasteiger partial charge in [0.1, 0.15) is 0 Å². The topological polar surface area (TPSA) is 108 Å². The standard InChI is InChI=1S/C21H26N4O4S/c1-16-5-2-3-14-25(16)30(28,29)19-9-7-17(8-10-19)20(26)23-12-13-24-21(27)18-6-4-11-22-15-18/h4,6-11,15-16H,2-3,5,12-14H2,1H3,(H,23,26)(H,24,27). The molecule has 3 rings (SSSR count). The van der Waals surface area contributed by atoms with Crippen LogP contribution in [0.2, 0.25) is 0 Å². The van der Waals surface area contributed by atoms with Crippen molar-refractivity contribution in [3.63, 3.8) is 0 Å². The van der Waals surface area contributed by atoms with Crippen LogP contribution in [0, 0.1) is 0 Å². The predicted octanol–water partition coefficient (Wildman–Crippen LogP) is 1.80. The molecule has 1 unspecified atom stereocenters. The van der Waals surface area contributed by atoms with Gasteiger partial charge in [0.15, 0.2) is 0 Å². The van der Waals surface area contributed by atoms with Gasteiger partial charge in [0.2, 0.25) is 10.0 Å². The summed E-state index contributed by atoms with van der Waals surface area (Å²) in [5.41, 5.74) is 0.808. The van der Waals surface area contributed by atoms with Gasteiger partial charge >= 0.3 is 0 Å². The van der Waals surface area contributed by atoms with Crippen molar-refractivity contribution < 1.29 is 18.0 Å². The predicted molar refractivity (Wildman–Crippen MR) is 113 cm³/mol. The SMILES string of the molecule is CC1CCCCN1S(=O)(=O)c1ccc(C(=O)NCCNC(=O)c2cccnc2)cc1. The molecule has 0 spiro atoms. The number of nitrogens with one attached hydrogen (secondary N) is 2. The summed E-state index contributed by atoms with van der Waals surface area (Å²) in [5, 5.41) is 5.40. The number of benzene rings is 1. The highest BCUT2D eigenvalue weighted by molar-refractivity contribution is 7.89. The molecule has 2 aromatic rings. The summed E-state index contributed by atoms with van der Waals surface area (Å²) < 4.78 is 27.2.